The van der Waals surface area contributed by atoms with Crippen molar-refractivity contribution in [3.63, 3.8) is 0 Å². The molecule has 1 unspecified atom stereocenters. The summed E-state index contributed by atoms with van der Waals surface area (Å²) in [6, 6.07) is 4.34. The minimum absolute atomic E-state index is 0.00796. The largest absolute Gasteiger partial charge is 0.416 e. The van der Waals surface area contributed by atoms with Gasteiger partial charge in [0.25, 0.3) is 0 Å². The zero-order valence-electron chi connectivity index (χ0n) is 21.7. The van der Waals surface area contributed by atoms with Crippen LogP contribution in [0.3, 0.4) is 0 Å². The molecule has 1 N–H and O–H groups in total. The molecule has 1 amide bonds. The van der Waals surface area contributed by atoms with Gasteiger partial charge in [-0.25, -0.2) is 8.78 Å². The molecule has 1 atom stereocenters. The van der Waals surface area contributed by atoms with Crippen molar-refractivity contribution in [1.29, 1.82) is 0 Å². The monoisotopic (exact) mass is 577 g/mol. The average Bonchev–Trinajstić information content (AvgIpc) is 2.90. The SMILES string of the molecule is O=C(Cc1cc(C(F)(F)F)cc(C(F)(F)F)c1)NCC(c1ccc(F)c(F)c1)N1CCC(N2CCCCC2)CC1. The highest BCUT2D eigenvalue weighted by atomic mass is 19.4. The molecule has 2 aliphatic rings. The molecule has 2 aromatic carbocycles. The number of halogens is 8. The van der Waals surface area contributed by atoms with Crippen molar-refractivity contribution < 1.29 is 39.9 Å². The summed E-state index contributed by atoms with van der Waals surface area (Å²) in [5.41, 5.74) is -3.02. The van der Waals surface area contributed by atoms with Gasteiger partial charge in [0.2, 0.25) is 5.91 Å². The van der Waals surface area contributed by atoms with Crippen molar-refractivity contribution >= 4 is 5.91 Å². The highest BCUT2D eigenvalue weighted by molar-refractivity contribution is 5.78. The molecule has 0 radical (unpaired) electrons. The van der Waals surface area contributed by atoms with E-state index in [0.717, 1.165) is 50.9 Å². The van der Waals surface area contributed by atoms with E-state index in [4.69, 9.17) is 0 Å². The Balaban J connectivity index is 1.47. The number of hydrogen-bond donors (Lipinski definition) is 1. The van der Waals surface area contributed by atoms with E-state index in [2.05, 4.69) is 10.2 Å². The Labute approximate surface area is 227 Å². The standard InChI is InChI=1S/C28H31F8N3O/c29-23-5-4-19(15-24(23)30)25(39-10-6-22(7-11-39)38-8-2-1-3-9-38)17-37-26(40)14-18-12-20(27(31,32)33)16-21(13-18)28(34,35)36/h4-5,12-13,15-16,22,25H,1-3,6-11,14,17H2,(H,37,40). The first kappa shape index (κ1) is 30.2. The minimum atomic E-state index is -5.02. The van der Waals surface area contributed by atoms with E-state index < -0.39 is 59.0 Å². The van der Waals surface area contributed by atoms with Gasteiger partial charge in [-0.3, -0.25) is 9.69 Å². The fourth-order valence-corrected chi connectivity index (χ4v) is 5.60. The van der Waals surface area contributed by atoms with Gasteiger partial charge in [0.15, 0.2) is 11.6 Å². The Morgan fingerprint density at radius 3 is 1.98 bits per heavy atom. The maximum Gasteiger partial charge on any atom is 0.416 e. The van der Waals surface area contributed by atoms with Crippen LogP contribution in [-0.4, -0.2) is 54.5 Å². The molecule has 4 rings (SSSR count). The Kier molecular flexibility index (Phi) is 9.39. The van der Waals surface area contributed by atoms with Crippen molar-refractivity contribution in [3.8, 4) is 0 Å². The molecule has 2 aliphatic heterocycles. The van der Waals surface area contributed by atoms with Crippen LogP contribution in [0.25, 0.3) is 0 Å². The number of amides is 1. The molecule has 4 nitrogen and oxygen atoms in total. The molecular weight excluding hydrogens is 546 g/mol. The van der Waals surface area contributed by atoms with Gasteiger partial charge in [0.1, 0.15) is 0 Å². The number of benzene rings is 2. The lowest BCUT2D eigenvalue weighted by Crippen LogP contribution is -2.49. The van der Waals surface area contributed by atoms with Crippen molar-refractivity contribution in [3.05, 3.63) is 70.3 Å². The summed E-state index contributed by atoms with van der Waals surface area (Å²) in [6.07, 6.45) is -5.55. The maximum absolute atomic E-state index is 14.1. The number of nitrogens with one attached hydrogen (secondary N) is 1. The summed E-state index contributed by atoms with van der Waals surface area (Å²) < 4.78 is 107. The van der Waals surface area contributed by atoms with Crippen LogP contribution in [0.1, 0.15) is 60.4 Å². The van der Waals surface area contributed by atoms with Gasteiger partial charge in [-0.15, -0.1) is 0 Å². The van der Waals surface area contributed by atoms with Crippen molar-refractivity contribution in [1.82, 2.24) is 15.1 Å². The molecule has 12 heteroatoms. The van der Waals surface area contributed by atoms with Gasteiger partial charge < -0.3 is 10.2 Å². The summed E-state index contributed by atoms with van der Waals surface area (Å²) >= 11 is 0. The van der Waals surface area contributed by atoms with Crippen LogP contribution in [0.2, 0.25) is 0 Å². The molecule has 2 saturated heterocycles. The number of hydrogen-bond acceptors (Lipinski definition) is 3. The number of rotatable bonds is 7. The summed E-state index contributed by atoms with van der Waals surface area (Å²) in [4.78, 5) is 17.2. The summed E-state index contributed by atoms with van der Waals surface area (Å²) in [6.45, 7) is 3.26. The van der Waals surface area contributed by atoms with E-state index in [1.165, 1.54) is 12.5 Å². The van der Waals surface area contributed by atoms with E-state index >= 15 is 0 Å². The molecule has 2 heterocycles. The predicted octanol–water partition coefficient (Wildman–Crippen LogP) is 6.35. The lowest BCUT2D eigenvalue weighted by molar-refractivity contribution is -0.143. The second kappa shape index (κ2) is 12.4. The number of likely N-dealkylation sites (tertiary alicyclic amines) is 2. The third-order valence-corrected chi connectivity index (χ3v) is 7.68. The lowest BCUT2D eigenvalue weighted by Gasteiger charge is -2.42. The molecular formula is C28H31F8N3O. The summed E-state index contributed by atoms with van der Waals surface area (Å²) in [5, 5.41) is 2.58. The molecule has 40 heavy (non-hydrogen) atoms. The zero-order chi connectivity index (χ0) is 29.1. The van der Waals surface area contributed by atoms with Gasteiger partial charge in [-0.05, 0) is 80.2 Å². The van der Waals surface area contributed by atoms with Crippen molar-refractivity contribution in [2.24, 2.45) is 0 Å². The van der Waals surface area contributed by atoms with Crippen LogP contribution in [0.5, 0.6) is 0 Å². The molecule has 0 spiro atoms. The van der Waals surface area contributed by atoms with Crippen LogP contribution in [0, 0.1) is 11.6 Å². The van der Waals surface area contributed by atoms with E-state index in [-0.39, 0.29) is 12.6 Å². The van der Waals surface area contributed by atoms with Crippen LogP contribution < -0.4 is 5.32 Å². The molecule has 0 saturated carbocycles. The van der Waals surface area contributed by atoms with E-state index in [1.807, 2.05) is 4.90 Å². The van der Waals surface area contributed by atoms with Crippen LogP contribution in [-0.2, 0) is 23.6 Å². The van der Waals surface area contributed by atoms with E-state index in [1.54, 1.807) is 0 Å². The Morgan fingerprint density at radius 1 is 0.825 bits per heavy atom. The highest BCUT2D eigenvalue weighted by Gasteiger charge is 2.37. The Morgan fingerprint density at radius 2 is 1.43 bits per heavy atom. The summed E-state index contributed by atoms with van der Waals surface area (Å²) in [7, 11) is 0. The zero-order valence-corrected chi connectivity index (χ0v) is 21.7. The number of carbonyl (C=O) groups excluding carboxylic acids is 1. The first-order valence-electron chi connectivity index (χ1n) is 13.3. The molecule has 2 fully saturated rings. The Bertz CT molecular complexity index is 1140. The average molecular weight is 578 g/mol. The quantitative estimate of drug-likeness (QED) is 0.390. The number of carbonyl (C=O) groups is 1. The molecule has 0 aromatic heterocycles. The third kappa shape index (κ3) is 7.72. The molecule has 0 aliphatic carbocycles. The second-order valence-corrected chi connectivity index (χ2v) is 10.4. The normalized spacial score (nSPS) is 19.0. The number of alkyl halides is 6. The third-order valence-electron chi connectivity index (χ3n) is 7.68. The second-order valence-electron chi connectivity index (χ2n) is 10.4. The van der Waals surface area contributed by atoms with Crippen molar-refractivity contribution in [2.45, 2.75) is 63.0 Å². The predicted molar refractivity (Wildman–Crippen MR) is 132 cm³/mol. The van der Waals surface area contributed by atoms with Gasteiger partial charge in [0, 0.05) is 25.7 Å². The van der Waals surface area contributed by atoms with Crippen LogP contribution >= 0.6 is 0 Å². The van der Waals surface area contributed by atoms with Crippen LogP contribution in [0.4, 0.5) is 35.1 Å². The fraction of sp³-hybridized carbons (Fsp3) is 0.536. The first-order valence-corrected chi connectivity index (χ1v) is 13.3. The molecule has 0 bridgehead atoms. The number of nitrogens with zero attached hydrogens (tertiary/aromatic N) is 2. The maximum atomic E-state index is 14.1. The van der Waals surface area contributed by atoms with Gasteiger partial charge in [0.05, 0.1) is 23.6 Å². The number of piperidine rings is 2. The summed E-state index contributed by atoms with van der Waals surface area (Å²) in [5.74, 6) is -2.87. The molecule has 220 valence electrons. The minimum Gasteiger partial charge on any atom is -0.354 e. The Hall–Kier alpha value is -2.73. The topological polar surface area (TPSA) is 35.6 Å². The van der Waals surface area contributed by atoms with Gasteiger partial charge in [-0.2, -0.15) is 26.3 Å². The van der Waals surface area contributed by atoms with E-state index in [9.17, 15) is 39.9 Å². The smallest absolute Gasteiger partial charge is 0.354 e. The first-order chi connectivity index (χ1) is 18.8. The van der Waals surface area contributed by atoms with Crippen LogP contribution in [0.15, 0.2) is 36.4 Å². The fourth-order valence-electron chi connectivity index (χ4n) is 5.60. The molecule has 2 aromatic rings. The lowest BCUT2D eigenvalue weighted by atomic mass is 9.96. The van der Waals surface area contributed by atoms with Crippen molar-refractivity contribution in [2.75, 3.05) is 32.7 Å². The van der Waals surface area contributed by atoms with E-state index in [0.29, 0.717) is 36.8 Å². The highest BCUT2D eigenvalue weighted by Crippen LogP contribution is 2.36. The van der Waals surface area contributed by atoms with Gasteiger partial charge in [-0.1, -0.05) is 12.5 Å². The van der Waals surface area contributed by atoms with Gasteiger partial charge >= 0.3 is 12.4 Å².